The molecule has 108 valence electrons. The van der Waals surface area contributed by atoms with E-state index in [1.807, 2.05) is 37.3 Å². The monoisotopic (exact) mass is 276 g/mol. The third-order valence-corrected chi connectivity index (χ3v) is 3.65. The molecule has 0 bridgehead atoms. The van der Waals surface area contributed by atoms with Crippen LogP contribution >= 0.6 is 0 Å². The fraction of sp³-hybridized carbons (Fsp3) is 0.467. The van der Waals surface area contributed by atoms with Crippen molar-refractivity contribution in [2.75, 3.05) is 13.1 Å². The maximum atomic E-state index is 12.5. The van der Waals surface area contributed by atoms with Gasteiger partial charge < -0.3 is 14.9 Å². The highest BCUT2D eigenvalue weighted by atomic mass is 16.4. The minimum atomic E-state index is -0.911. The Morgan fingerprint density at radius 3 is 2.65 bits per heavy atom. The van der Waals surface area contributed by atoms with Gasteiger partial charge in [-0.2, -0.15) is 0 Å². The lowest BCUT2D eigenvalue weighted by molar-refractivity contribution is -0.141. The van der Waals surface area contributed by atoms with E-state index in [-0.39, 0.29) is 6.03 Å². The molecule has 0 unspecified atom stereocenters. The predicted octanol–water partition coefficient (Wildman–Crippen LogP) is 2.18. The highest BCUT2D eigenvalue weighted by Gasteiger charge is 2.35. The molecule has 0 radical (unpaired) electrons. The van der Waals surface area contributed by atoms with Crippen LogP contribution in [0.3, 0.4) is 0 Å². The first-order chi connectivity index (χ1) is 9.63. The number of likely N-dealkylation sites (tertiary alicyclic amines) is 1. The Bertz CT molecular complexity index is 475. The molecule has 1 atom stereocenters. The number of aliphatic carboxylic acids is 1. The average Bonchev–Trinajstić information content (AvgIpc) is 2.94. The van der Waals surface area contributed by atoms with Crippen LogP contribution in [0.4, 0.5) is 4.79 Å². The minimum absolute atomic E-state index is 0.179. The number of benzene rings is 1. The van der Waals surface area contributed by atoms with Crippen molar-refractivity contribution in [3.05, 3.63) is 35.9 Å². The van der Waals surface area contributed by atoms with Crippen LogP contribution in [0.1, 0.15) is 25.3 Å². The molecule has 0 aliphatic carbocycles. The van der Waals surface area contributed by atoms with Crippen LogP contribution in [0.15, 0.2) is 30.3 Å². The molecule has 2 rings (SSSR count). The topological polar surface area (TPSA) is 60.9 Å². The molecule has 1 N–H and O–H groups in total. The third-order valence-electron chi connectivity index (χ3n) is 3.65. The summed E-state index contributed by atoms with van der Waals surface area (Å²) in [6, 6.07) is 8.88. The number of nitrogens with zero attached hydrogens (tertiary/aromatic N) is 2. The van der Waals surface area contributed by atoms with Gasteiger partial charge in [-0.15, -0.1) is 0 Å². The molecule has 1 aliphatic rings. The summed E-state index contributed by atoms with van der Waals surface area (Å²) in [7, 11) is 0. The summed E-state index contributed by atoms with van der Waals surface area (Å²) in [5.41, 5.74) is 1.05. The Morgan fingerprint density at radius 2 is 2.05 bits per heavy atom. The maximum Gasteiger partial charge on any atom is 0.326 e. The van der Waals surface area contributed by atoms with Gasteiger partial charge in [0.1, 0.15) is 6.04 Å². The normalized spacial score (nSPS) is 18.1. The van der Waals surface area contributed by atoms with Gasteiger partial charge in [0.2, 0.25) is 0 Å². The molecule has 1 aromatic carbocycles. The van der Waals surface area contributed by atoms with Crippen LogP contribution in [0, 0.1) is 0 Å². The Balaban J connectivity index is 2.07. The van der Waals surface area contributed by atoms with Gasteiger partial charge in [0.05, 0.1) is 0 Å². The number of carbonyl (C=O) groups excluding carboxylic acids is 1. The Morgan fingerprint density at radius 1 is 1.35 bits per heavy atom. The molecule has 0 aromatic heterocycles. The van der Waals surface area contributed by atoms with Crippen molar-refractivity contribution in [2.24, 2.45) is 0 Å². The lowest BCUT2D eigenvalue weighted by Gasteiger charge is -2.29. The lowest BCUT2D eigenvalue weighted by atomic mass is 10.2. The smallest absolute Gasteiger partial charge is 0.326 e. The first kappa shape index (κ1) is 14.4. The first-order valence-electron chi connectivity index (χ1n) is 6.95. The summed E-state index contributed by atoms with van der Waals surface area (Å²) in [5.74, 6) is -0.911. The van der Waals surface area contributed by atoms with Crippen LogP contribution in [-0.4, -0.2) is 46.0 Å². The molecule has 1 saturated heterocycles. The Kier molecular flexibility index (Phi) is 4.61. The van der Waals surface area contributed by atoms with Crippen molar-refractivity contribution in [2.45, 2.75) is 32.4 Å². The van der Waals surface area contributed by atoms with E-state index in [9.17, 15) is 9.59 Å². The molecule has 1 aromatic rings. The van der Waals surface area contributed by atoms with Gasteiger partial charge in [0.25, 0.3) is 0 Å². The summed E-state index contributed by atoms with van der Waals surface area (Å²) < 4.78 is 0. The van der Waals surface area contributed by atoms with E-state index >= 15 is 0 Å². The predicted molar refractivity (Wildman–Crippen MR) is 75.3 cm³/mol. The zero-order valence-corrected chi connectivity index (χ0v) is 11.7. The van der Waals surface area contributed by atoms with E-state index in [0.717, 1.165) is 12.0 Å². The zero-order chi connectivity index (χ0) is 14.5. The molecule has 0 saturated carbocycles. The van der Waals surface area contributed by atoms with Crippen molar-refractivity contribution in [1.82, 2.24) is 9.80 Å². The number of hydrogen-bond acceptors (Lipinski definition) is 2. The molecule has 5 heteroatoms. The molecule has 5 nitrogen and oxygen atoms in total. The summed E-state index contributed by atoms with van der Waals surface area (Å²) in [6.07, 6.45) is 1.30. The second-order valence-corrected chi connectivity index (χ2v) is 4.97. The second-order valence-electron chi connectivity index (χ2n) is 4.97. The van der Waals surface area contributed by atoms with E-state index in [1.54, 1.807) is 4.90 Å². The van der Waals surface area contributed by atoms with Crippen LogP contribution in [-0.2, 0) is 11.3 Å². The van der Waals surface area contributed by atoms with Crippen LogP contribution in [0.25, 0.3) is 0 Å². The molecule has 2 amide bonds. The second kappa shape index (κ2) is 6.41. The maximum absolute atomic E-state index is 12.5. The van der Waals surface area contributed by atoms with E-state index in [0.29, 0.717) is 26.1 Å². The van der Waals surface area contributed by atoms with E-state index in [2.05, 4.69) is 0 Å². The van der Waals surface area contributed by atoms with Crippen LogP contribution in [0.5, 0.6) is 0 Å². The summed E-state index contributed by atoms with van der Waals surface area (Å²) in [4.78, 5) is 26.8. The number of urea groups is 1. The highest BCUT2D eigenvalue weighted by Crippen LogP contribution is 2.20. The van der Waals surface area contributed by atoms with Crippen molar-refractivity contribution in [1.29, 1.82) is 0 Å². The molecular formula is C15H20N2O3. The Labute approximate surface area is 118 Å². The van der Waals surface area contributed by atoms with Gasteiger partial charge in [0, 0.05) is 19.6 Å². The molecule has 1 aliphatic heterocycles. The lowest BCUT2D eigenvalue weighted by Crippen LogP contribution is -2.47. The molecule has 1 heterocycles. The fourth-order valence-electron chi connectivity index (χ4n) is 2.55. The van der Waals surface area contributed by atoms with E-state index in [1.165, 1.54) is 4.90 Å². The molecular weight excluding hydrogens is 256 g/mol. The fourth-order valence-corrected chi connectivity index (χ4v) is 2.55. The zero-order valence-electron chi connectivity index (χ0n) is 11.7. The Hall–Kier alpha value is -2.04. The van der Waals surface area contributed by atoms with E-state index in [4.69, 9.17) is 5.11 Å². The van der Waals surface area contributed by atoms with Gasteiger partial charge in [-0.3, -0.25) is 0 Å². The van der Waals surface area contributed by atoms with Crippen molar-refractivity contribution >= 4 is 12.0 Å². The standard InChI is InChI=1S/C15H20N2O3/c1-2-16(11-12-7-4-3-5-8-12)15(20)17-10-6-9-13(17)14(18)19/h3-5,7-8,13H,2,6,9-11H2,1H3,(H,18,19)/t13-/m1/s1. The van der Waals surface area contributed by atoms with Gasteiger partial charge in [-0.05, 0) is 25.3 Å². The van der Waals surface area contributed by atoms with E-state index < -0.39 is 12.0 Å². The number of rotatable bonds is 4. The number of hydrogen-bond donors (Lipinski definition) is 1. The largest absolute Gasteiger partial charge is 0.480 e. The number of carbonyl (C=O) groups is 2. The van der Waals surface area contributed by atoms with Crippen molar-refractivity contribution in [3.63, 3.8) is 0 Å². The summed E-state index contributed by atoms with van der Waals surface area (Å²) in [6.45, 7) is 3.52. The minimum Gasteiger partial charge on any atom is -0.480 e. The first-order valence-corrected chi connectivity index (χ1v) is 6.95. The summed E-state index contributed by atoms with van der Waals surface area (Å²) >= 11 is 0. The van der Waals surface area contributed by atoms with Gasteiger partial charge in [0.15, 0.2) is 0 Å². The van der Waals surface area contributed by atoms with Gasteiger partial charge >= 0.3 is 12.0 Å². The summed E-state index contributed by atoms with van der Waals surface area (Å²) in [5, 5.41) is 9.16. The average molecular weight is 276 g/mol. The van der Waals surface area contributed by atoms with Gasteiger partial charge in [-0.1, -0.05) is 30.3 Å². The number of carboxylic acid groups (broad SMARTS) is 1. The van der Waals surface area contributed by atoms with Crippen LogP contribution in [0.2, 0.25) is 0 Å². The molecule has 0 spiro atoms. The number of carboxylic acids is 1. The van der Waals surface area contributed by atoms with Crippen molar-refractivity contribution < 1.29 is 14.7 Å². The van der Waals surface area contributed by atoms with Crippen LogP contribution < -0.4 is 0 Å². The SMILES string of the molecule is CCN(Cc1ccccc1)C(=O)N1CCC[C@@H]1C(=O)O. The molecule has 1 fully saturated rings. The quantitative estimate of drug-likeness (QED) is 0.917. The van der Waals surface area contributed by atoms with Gasteiger partial charge in [-0.25, -0.2) is 9.59 Å². The van der Waals surface area contributed by atoms with Crippen molar-refractivity contribution in [3.8, 4) is 0 Å². The third kappa shape index (κ3) is 3.10. The molecule has 20 heavy (non-hydrogen) atoms. The highest BCUT2D eigenvalue weighted by molar-refractivity contribution is 5.83. The number of amides is 2.